The van der Waals surface area contributed by atoms with Gasteiger partial charge >= 0.3 is 0 Å². The summed E-state index contributed by atoms with van der Waals surface area (Å²) in [5.74, 6) is -0.361. The third kappa shape index (κ3) is 1.89. The van der Waals surface area contributed by atoms with Crippen LogP contribution in [-0.2, 0) is 0 Å². The fourth-order valence-electron chi connectivity index (χ4n) is 2.07. The number of fused-ring (bicyclic) bond motifs is 1. The van der Waals surface area contributed by atoms with E-state index in [1.807, 2.05) is 12.1 Å². The van der Waals surface area contributed by atoms with Gasteiger partial charge in [-0.2, -0.15) is 0 Å². The van der Waals surface area contributed by atoms with E-state index in [9.17, 15) is 4.39 Å². The Morgan fingerprint density at radius 1 is 1.26 bits per heavy atom. The van der Waals surface area contributed by atoms with Crippen molar-refractivity contribution in [3.05, 3.63) is 48.6 Å². The lowest BCUT2D eigenvalue weighted by Crippen LogP contribution is -2.13. The molecule has 2 N–H and O–H groups in total. The van der Waals surface area contributed by atoms with Crippen molar-refractivity contribution in [1.29, 1.82) is 0 Å². The van der Waals surface area contributed by atoms with Crippen LogP contribution in [0.5, 0.6) is 0 Å². The predicted octanol–water partition coefficient (Wildman–Crippen LogP) is 3.32. The average Bonchev–Trinajstić information content (AvgIpc) is 2.85. The molecule has 0 saturated carbocycles. The Labute approximate surface area is 109 Å². The van der Waals surface area contributed by atoms with E-state index < -0.39 is 0 Å². The van der Waals surface area contributed by atoms with Gasteiger partial charge in [0.2, 0.25) is 0 Å². The lowest BCUT2D eigenvalue weighted by atomic mass is 10.2. The summed E-state index contributed by atoms with van der Waals surface area (Å²) in [4.78, 5) is 5.73. The van der Waals surface area contributed by atoms with Gasteiger partial charge in [-0.05, 0) is 24.3 Å². The summed E-state index contributed by atoms with van der Waals surface area (Å²) in [6.07, 6.45) is 1.38. The highest BCUT2D eigenvalue weighted by molar-refractivity contribution is 5.81. The number of halogens is 1. The van der Waals surface area contributed by atoms with Crippen LogP contribution in [0, 0.1) is 5.82 Å². The number of rotatable bonds is 2. The molecule has 0 radical (unpaired) electrons. The Morgan fingerprint density at radius 3 is 2.89 bits per heavy atom. The van der Waals surface area contributed by atoms with Crippen molar-refractivity contribution in [2.45, 2.75) is 0 Å². The third-order valence-corrected chi connectivity index (χ3v) is 3.06. The molecule has 0 saturated heterocycles. The van der Waals surface area contributed by atoms with E-state index in [4.69, 9.17) is 10.2 Å². The Kier molecular flexibility index (Phi) is 2.59. The number of aromatic nitrogens is 1. The molecule has 19 heavy (non-hydrogen) atoms. The Hall–Kier alpha value is -2.56. The monoisotopic (exact) mass is 257 g/mol. The van der Waals surface area contributed by atoms with Crippen molar-refractivity contribution in [3.63, 3.8) is 0 Å². The van der Waals surface area contributed by atoms with Crippen molar-refractivity contribution in [2.24, 2.45) is 0 Å². The number of nitrogens with two attached hydrogens (primary N) is 1. The molecule has 0 spiro atoms. The van der Waals surface area contributed by atoms with Gasteiger partial charge < -0.3 is 15.1 Å². The number of nitrogens with zero attached hydrogens (tertiary/aromatic N) is 2. The molecular weight excluding hydrogens is 245 g/mol. The number of benzene rings is 2. The van der Waals surface area contributed by atoms with Crippen LogP contribution < -0.4 is 10.6 Å². The molecular formula is C14H12FN3O. The summed E-state index contributed by atoms with van der Waals surface area (Å²) in [5, 5.41) is 0. The first-order chi connectivity index (χ1) is 9.16. The second-order valence-corrected chi connectivity index (χ2v) is 4.24. The zero-order chi connectivity index (χ0) is 13.4. The van der Waals surface area contributed by atoms with Crippen LogP contribution in [0.1, 0.15) is 0 Å². The van der Waals surface area contributed by atoms with Crippen molar-refractivity contribution in [1.82, 2.24) is 4.98 Å². The minimum Gasteiger partial charge on any atom is -0.443 e. The third-order valence-electron chi connectivity index (χ3n) is 3.06. The number of hydrogen-bond acceptors (Lipinski definition) is 4. The van der Waals surface area contributed by atoms with Crippen molar-refractivity contribution in [2.75, 3.05) is 17.7 Å². The van der Waals surface area contributed by atoms with Crippen LogP contribution >= 0.6 is 0 Å². The number of anilines is 3. The Morgan fingerprint density at radius 2 is 2.11 bits per heavy atom. The molecule has 0 aliphatic heterocycles. The van der Waals surface area contributed by atoms with Crippen LogP contribution in [-0.4, -0.2) is 12.0 Å². The first kappa shape index (κ1) is 11.5. The molecule has 0 fully saturated rings. The highest BCUT2D eigenvalue weighted by Crippen LogP contribution is 2.32. The van der Waals surface area contributed by atoms with Gasteiger partial charge in [-0.15, -0.1) is 0 Å². The fraction of sp³-hybridized carbons (Fsp3) is 0.0714. The van der Waals surface area contributed by atoms with E-state index in [0.29, 0.717) is 17.0 Å². The molecule has 0 aliphatic carbocycles. The van der Waals surface area contributed by atoms with Gasteiger partial charge in [0.15, 0.2) is 12.0 Å². The first-order valence-electron chi connectivity index (χ1n) is 5.78. The van der Waals surface area contributed by atoms with E-state index in [-0.39, 0.29) is 5.82 Å². The molecule has 0 bridgehead atoms. The number of oxazole rings is 1. The van der Waals surface area contributed by atoms with Crippen molar-refractivity contribution >= 4 is 28.2 Å². The fourth-order valence-corrected chi connectivity index (χ4v) is 2.07. The SMILES string of the molecule is CN(c1ccc2ncoc2c1)c1c(N)cccc1F. The minimum atomic E-state index is -0.361. The van der Waals surface area contributed by atoms with Crippen LogP contribution in [0.25, 0.3) is 11.1 Å². The molecule has 5 heteroatoms. The van der Waals surface area contributed by atoms with E-state index in [2.05, 4.69) is 4.98 Å². The predicted molar refractivity (Wildman–Crippen MR) is 72.9 cm³/mol. The van der Waals surface area contributed by atoms with E-state index in [0.717, 1.165) is 11.2 Å². The van der Waals surface area contributed by atoms with Gasteiger partial charge in [0.1, 0.15) is 17.0 Å². The topological polar surface area (TPSA) is 55.3 Å². The number of nitrogen functional groups attached to an aromatic ring is 1. The molecule has 0 amide bonds. The number of para-hydroxylation sites is 1. The summed E-state index contributed by atoms with van der Waals surface area (Å²) in [6.45, 7) is 0. The summed E-state index contributed by atoms with van der Waals surface area (Å²) in [6, 6.07) is 10.1. The van der Waals surface area contributed by atoms with Gasteiger partial charge in [-0.1, -0.05) is 6.07 Å². The number of hydrogen-bond donors (Lipinski definition) is 1. The van der Waals surface area contributed by atoms with Crippen LogP contribution in [0.4, 0.5) is 21.5 Å². The standard InChI is InChI=1S/C14H12FN3O/c1-18(14-10(15)3-2-4-11(14)16)9-5-6-12-13(7-9)19-8-17-12/h2-8H,16H2,1H3. The van der Waals surface area contributed by atoms with Crippen LogP contribution in [0.15, 0.2) is 47.2 Å². The van der Waals surface area contributed by atoms with Gasteiger partial charge in [-0.3, -0.25) is 0 Å². The molecule has 3 aromatic rings. The normalized spacial score (nSPS) is 10.8. The molecule has 1 aromatic heterocycles. The zero-order valence-corrected chi connectivity index (χ0v) is 10.3. The molecule has 3 rings (SSSR count). The molecule has 1 heterocycles. The summed E-state index contributed by atoms with van der Waals surface area (Å²) in [7, 11) is 1.76. The molecule has 0 aliphatic rings. The Bertz CT molecular complexity index is 718. The zero-order valence-electron chi connectivity index (χ0n) is 10.3. The summed E-state index contributed by atoms with van der Waals surface area (Å²) >= 11 is 0. The van der Waals surface area contributed by atoms with Gasteiger partial charge in [0.25, 0.3) is 0 Å². The van der Waals surface area contributed by atoms with Crippen LogP contribution in [0.3, 0.4) is 0 Å². The molecule has 0 atom stereocenters. The van der Waals surface area contributed by atoms with E-state index in [1.54, 1.807) is 30.1 Å². The summed E-state index contributed by atoms with van der Waals surface area (Å²) < 4.78 is 19.1. The van der Waals surface area contributed by atoms with Gasteiger partial charge in [0.05, 0.1) is 5.69 Å². The molecule has 4 nitrogen and oxygen atoms in total. The average molecular weight is 257 g/mol. The minimum absolute atomic E-state index is 0.348. The smallest absolute Gasteiger partial charge is 0.181 e. The second-order valence-electron chi connectivity index (χ2n) is 4.24. The quantitative estimate of drug-likeness (QED) is 0.715. The summed E-state index contributed by atoms with van der Waals surface area (Å²) in [5.41, 5.74) is 8.77. The maximum atomic E-state index is 13.9. The second kappa shape index (κ2) is 4.28. The largest absolute Gasteiger partial charge is 0.443 e. The highest BCUT2D eigenvalue weighted by Gasteiger charge is 2.13. The van der Waals surface area contributed by atoms with Crippen LogP contribution in [0.2, 0.25) is 0 Å². The van der Waals surface area contributed by atoms with Gasteiger partial charge in [0, 0.05) is 18.8 Å². The van der Waals surface area contributed by atoms with E-state index >= 15 is 0 Å². The Balaban J connectivity index is 2.10. The maximum Gasteiger partial charge on any atom is 0.181 e. The molecule has 0 unspecified atom stereocenters. The first-order valence-corrected chi connectivity index (χ1v) is 5.78. The molecule has 96 valence electrons. The molecule has 2 aromatic carbocycles. The maximum absolute atomic E-state index is 13.9. The van der Waals surface area contributed by atoms with Crippen molar-refractivity contribution < 1.29 is 8.81 Å². The van der Waals surface area contributed by atoms with Gasteiger partial charge in [-0.25, -0.2) is 9.37 Å². The van der Waals surface area contributed by atoms with E-state index in [1.165, 1.54) is 12.5 Å². The highest BCUT2D eigenvalue weighted by atomic mass is 19.1. The lowest BCUT2D eigenvalue weighted by Gasteiger charge is -2.21. The van der Waals surface area contributed by atoms with Crippen molar-refractivity contribution in [3.8, 4) is 0 Å². The lowest BCUT2D eigenvalue weighted by molar-refractivity contribution is 0.602.